The smallest absolute Gasteiger partial charge is 0.337 e. The van der Waals surface area contributed by atoms with Crippen LogP contribution in [-0.4, -0.2) is 26.0 Å². The van der Waals surface area contributed by atoms with Gasteiger partial charge in [0.25, 0.3) is 5.56 Å². The van der Waals surface area contributed by atoms with Crippen LogP contribution in [0.15, 0.2) is 53.6 Å². The third-order valence-electron chi connectivity index (χ3n) is 3.87. The van der Waals surface area contributed by atoms with E-state index in [1.54, 1.807) is 30.5 Å². The lowest BCUT2D eigenvalue weighted by atomic mass is 10.0. The lowest BCUT2D eigenvalue weighted by molar-refractivity contribution is 0.0699. The van der Waals surface area contributed by atoms with E-state index in [1.165, 1.54) is 6.20 Å². The number of aromatic nitrogens is 3. The number of pyridine rings is 2. The number of rotatable bonds is 1. The molecule has 0 radical (unpaired) electrons. The number of benzene rings is 1. The zero-order valence-corrected chi connectivity index (χ0v) is 12.8. The molecular weight excluding hydrogens is 318 g/mol. The predicted molar refractivity (Wildman–Crippen MR) is 93.6 cm³/mol. The molecule has 3 N–H and O–H groups in total. The summed E-state index contributed by atoms with van der Waals surface area (Å²) in [5.74, 6) is 4.88. The van der Waals surface area contributed by atoms with E-state index in [1.807, 2.05) is 12.1 Å². The van der Waals surface area contributed by atoms with Gasteiger partial charge in [0.1, 0.15) is 11.2 Å². The Morgan fingerprint density at radius 3 is 2.80 bits per heavy atom. The van der Waals surface area contributed by atoms with Gasteiger partial charge in [-0.05, 0) is 36.3 Å². The van der Waals surface area contributed by atoms with Crippen LogP contribution in [0.2, 0.25) is 0 Å². The fourth-order valence-electron chi connectivity index (χ4n) is 2.75. The molecule has 4 aromatic rings. The molecule has 120 valence electrons. The van der Waals surface area contributed by atoms with Gasteiger partial charge in [0, 0.05) is 34.2 Å². The highest BCUT2D eigenvalue weighted by Crippen LogP contribution is 2.25. The Labute approximate surface area is 141 Å². The second-order valence-electron chi connectivity index (χ2n) is 5.44. The number of fused-ring (bicyclic) bond motifs is 3. The maximum absolute atomic E-state index is 12.1. The van der Waals surface area contributed by atoms with Crippen molar-refractivity contribution in [3.63, 3.8) is 0 Å². The van der Waals surface area contributed by atoms with E-state index in [0.717, 1.165) is 0 Å². The molecule has 6 heteroatoms. The summed E-state index contributed by atoms with van der Waals surface area (Å²) in [5.41, 5.74) is 1.83. The van der Waals surface area contributed by atoms with Gasteiger partial charge in [-0.15, -0.1) is 0 Å². The van der Waals surface area contributed by atoms with E-state index in [9.17, 15) is 14.7 Å². The van der Waals surface area contributed by atoms with Crippen molar-refractivity contribution in [2.75, 3.05) is 0 Å². The van der Waals surface area contributed by atoms with Crippen LogP contribution in [0.25, 0.3) is 21.8 Å². The minimum atomic E-state index is -1.09. The lowest BCUT2D eigenvalue weighted by Gasteiger charge is -2.02. The molecule has 25 heavy (non-hydrogen) atoms. The van der Waals surface area contributed by atoms with Gasteiger partial charge >= 0.3 is 5.97 Å². The molecule has 0 atom stereocenters. The van der Waals surface area contributed by atoms with Gasteiger partial charge < -0.3 is 15.1 Å². The summed E-state index contributed by atoms with van der Waals surface area (Å²) in [6, 6.07) is 10.7. The number of nitrogens with zero attached hydrogens (tertiary/aromatic N) is 1. The summed E-state index contributed by atoms with van der Waals surface area (Å²) < 4.78 is 0. The Bertz CT molecular complexity index is 1240. The number of carboxylic acid groups (broad SMARTS) is 1. The van der Waals surface area contributed by atoms with Crippen molar-refractivity contribution in [3.05, 3.63) is 76.0 Å². The van der Waals surface area contributed by atoms with E-state index in [0.29, 0.717) is 27.5 Å². The van der Waals surface area contributed by atoms with Crippen LogP contribution in [0.5, 0.6) is 0 Å². The predicted octanol–water partition coefficient (Wildman–Crippen LogP) is 2.50. The van der Waals surface area contributed by atoms with Crippen molar-refractivity contribution in [1.82, 2.24) is 15.0 Å². The minimum Gasteiger partial charge on any atom is -0.478 e. The third-order valence-corrected chi connectivity index (χ3v) is 3.87. The van der Waals surface area contributed by atoms with Gasteiger partial charge in [-0.3, -0.25) is 4.79 Å². The van der Waals surface area contributed by atoms with E-state index in [4.69, 9.17) is 0 Å². The molecule has 0 aliphatic heterocycles. The maximum Gasteiger partial charge on any atom is 0.337 e. The highest BCUT2D eigenvalue weighted by atomic mass is 16.4. The summed E-state index contributed by atoms with van der Waals surface area (Å²) in [6.45, 7) is 0. The van der Waals surface area contributed by atoms with Crippen molar-refractivity contribution in [2.24, 2.45) is 0 Å². The van der Waals surface area contributed by atoms with Crippen molar-refractivity contribution in [3.8, 4) is 11.8 Å². The monoisotopic (exact) mass is 329 g/mol. The second kappa shape index (κ2) is 5.65. The molecule has 6 nitrogen and oxygen atoms in total. The Kier molecular flexibility index (Phi) is 3.33. The number of nitrogens with one attached hydrogen (secondary N) is 2. The first kappa shape index (κ1) is 14.7. The Balaban J connectivity index is 1.96. The average Bonchev–Trinajstić information content (AvgIpc) is 3.07. The van der Waals surface area contributed by atoms with Crippen LogP contribution in [0.3, 0.4) is 0 Å². The van der Waals surface area contributed by atoms with Gasteiger partial charge in [-0.25, -0.2) is 9.78 Å². The van der Waals surface area contributed by atoms with Crippen LogP contribution in [0.1, 0.15) is 21.6 Å². The van der Waals surface area contributed by atoms with Crippen molar-refractivity contribution >= 4 is 27.8 Å². The fraction of sp³-hybridized carbons (Fsp3) is 0. The zero-order chi connectivity index (χ0) is 17.4. The van der Waals surface area contributed by atoms with E-state index >= 15 is 0 Å². The van der Waals surface area contributed by atoms with Gasteiger partial charge in [0.2, 0.25) is 0 Å². The number of carboxylic acids is 1. The quantitative estimate of drug-likeness (QED) is 0.467. The van der Waals surface area contributed by atoms with Crippen LogP contribution in [0, 0.1) is 11.8 Å². The fourth-order valence-corrected chi connectivity index (χ4v) is 2.75. The molecule has 0 amide bonds. The summed E-state index contributed by atoms with van der Waals surface area (Å²) in [4.78, 5) is 33.2. The first-order valence-electron chi connectivity index (χ1n) is 7.47. The second-order valence-corrected chi connectivity index (χ2v) is 5.44. The summed E-state index contributed by atoms with van der Waals surface area (Å²) in [5, 5.41) is 10.4. The van der Waals surface area contributed by atoms with Crippen LogP contribution >= 0.6 is 0 Å². The van der Waals surface area contributed by atoms with Crippen molar-refractivity contribution in [1.29, 1.82) is 0 Å². The maximum atomic E-state index is 12.1. The first-order valence-corrected chi connectivity index (χ1v) is 7.47. The topological polar surface area (TPSA) is 98.8 Å². The molecule has 0 fully saturated rings. The number of aromatic carboxylic acids is 1. The average molecular weight is 329 g/mol. The molecular formula is C19H11N3O3. The standard InChI is InChI=1S/C19H11N3O3/c23-18-17-16(14(10-21-17)19(24)25)13-9-11(5-7-15(13)22-18)4-6-12-3-1-2-8-20-12/h1-3,5,7-10,21H,(H,22,23)(H,24,25). The molecule has 3 aromatic heterocycles. The van der Waals surface area contributed by atoms with E-state index < -0.39 is 5.97 Å². The molecule has 1 aromatic carbocycles. The minimum absolute atomic E-state index is 0.0564. The van der Waals surface area contributed by atoms with Gasteiger partial charge in [0.15, 0.2) is 0 Å². The SMILES string of the molecule is O=C(O)c1c[nH]c2c(=O)[nH]c3ccc(C#Cc4ccccn4)cc3c12. The van der Waals surface area contributed by atoms with Gasteiger partial charge in [0.05, 0.1) is 5.56 Å². The van der Waals surface area contributed by atoms with Crippen LogP contribution in [0.4, 0.5) is 0 Å². The Morgan fingerprint density at radius 1 is 1.16 bits per heavy atom. The molecule has 0 aliphatic carbocycles. The molecule has 4 rings (SSSR count). The first-order chi connectivity index (χ1) is 12.1. The van der Waals surface area contributed by atoms with Crippen molar-refractivity contribution in [2.45, 2.75) is 0 Å². The zero-order valence-electron chi connectivity index (χ0n) is 12.8. The van der Waals surface area contributed by atoms with Crippen LogP contribution in [-0.2, 0) is 0 Å². The molecule has 0 spiro atoms. The third kappa shape index (κ3) is 2.54. The number of aromatic amines is 2. The molecule has 0 unspecified atom stereocenters. The molecule has 0 saturated heterocycles. The summed E-state index contributed by atoms with van der Waals surface area (Å²) in [7, 11) is 0. The van der Waals surface area contributed by atoms with Crippen molar-refractivity contribution < 1.29 is 9.90 Å². The van der Waals surface area contributed by atoms with E-state index in [-0.39, 0.29) is 16.6 Å². The molecule has 3 heterocycles. The largest absolute Gasteiger partial charge is 0.478 e. The Morgan fingerprint density at radius 2 is 2.04 bits per heavy atom. The van der Waals surface area contributed by atoms with Gasteiger partial charge in [-0.1, -0.05) is 12.0 Å². The summed E-state index contributed by atoms with van der Waals surface area (Å²) in [6.07, 6.45) is 2.99. The number of carbonyl (C=O) groups is 1. The molecule has 0 saturated carbocycles. The van der Waals surface area contributed by atoms with E-state index in [2.05, 4.69) is 26.8 Å². The molecule has 0 aliphatic rings. The van der Waals surface area contributed by atoms with Crippen LogP contribution < -0.4 is 5.56 Å². The lowest BCUT2D eigenvalue weighted by Crippen LogP contribution is -2.07. The number of H-pyrrole nitrogens is 2. The number of hydrogen-bond donors (Lipinski definition) is 3. The summed E-state index contributed by atoms with van der Waals surface area (Å²) >= 11 is 0. The number of hydrogen-bond acceptors (Lipinski definition) is 3. The highest BCUT2D eigenvalue weighted by molar-refractivity contribution is 6.14. The van der Waals surface area contributed by atoms with Gasteiger partial charge in [-0.2, -0.15) is 0 Å². The molecule has 0 bridgehead atoms. The normalized spacial score (nSPS) is 10.6. The highest BCUT2D eigenvalue weighted by Gasteiger charge is 2.16. The Hall–Kier alpha value is -3.85.